The molecule has 0 aliphatic carbocycles. The van der Waals surface area contributed by atoms with Crippen LogP contribution in [0.4, 0.5) is 0 Å². The van der Waals surface area contributed by atoms with E-state index >= 15 is 0 Å². The summed E-state index contributed by atoms with van der Waals surface area (Å²) in [5, 5.41) is 0.562. The average Bonchev–Trinajstić information content (AvgIpc) is 2.69. The second kappa shape index (κ2) is 9.01. The minimum atomic E-state index is -0.465. The van der Waals surface area contributed by atoms with Crippen molar-refractivity contribution in [2.75, 3.05) is 6.61 Å². The highest BCUT2D eigenvalue weighted by Crippen LogP contribution is 2.30. The molecule has 0 unspecified atom stereocenters. The Labute approximate surface area is 163 Å². The van der Waals surface area contributed by atoms with Crippen molar-refractivity contribution in [3.63, 3.8) is 0 Å². The van der Waals surface area contributed by atoms with Crippen LogP contribution in [0, 0.1) is 0 Å². The largest absolute Gasteiger partial charge is 0.490 e. The van der Waals surface area contributed by atoms with Gasteiger partial charge in [-0.25, -0.2) is 4.79 Å². The van der Waals surface area contributed by atoms with E-state index in [9.17, 15) is 4.79 Å². The van der Waals surface area contributed by atoms with Crippen LogP contribution in [0.5, 0.6) is 11.5 Å². The minimum absolute atomic E-state index is 0.373. The SMILES string of the molecule is CCOc1cc(/C=C/c2ccncc2)ccc1OC(=O)c1ccc(Cl)cc1. The van der Waals surface area contributed by atoms with Gasteiger partial charge in [0.15, 0.2) is 11.5 Å². The molecule has 136 valence electrons. The molecule has 1 heterocycles. The van der Waals surface area contributed by atoms with Gasteiger partial charge >= 0.3 is 5.97 Å². The van der Waals surface area contributed by atoms with E-state index in [0.717, 1.165) is 11.1 Å². The first-order valence-electron chi connectivity index (χ1n) is 8.48. The number of hydrogen-bond acceptors (Lipinski definition) is 4. The van der Waals surface area contributed by atoms with Crippen LogP contribution in [0.3, 0.4) is 0 Å². The van der Waals surface area contributed by atoms with Crippen LogP contribution >= 0.6 is 11.6 Å². The number of halogens is 1. The van der Waals surface area contributed by atoms with Gasteiger partial charge < -0.3 is 9.47 Å². The van der Waals surface area contributed by atoms with Crippen LogP contribution in [0.25, 0.3) is 12.2 Å². The summed E-state index contributed by atoms with van der Waals surface area (Å²) >= 11 is 5.85. The second-order valence-electron chi connectivity index (χ2n) is 5.65. The van der Waals surface area contributed by atoms with Crippen LogP contribution in [0.1, 0.15) is 28.4 Å². The van der Waals surface area contributed by atoms with Crippen molar-refractivity contribution in [3.05, 3.63) is 88.7 Å². The third-order valence-corrected chi connectivity index (χ3v) is 3.98. The van der Waals surface area contributed by atoms with Crippen LogP contribution in [-0.4, -0.2) is 17.6 Å². The maximum absolute atomic E-state index is 12.3. The monoisotopic (exact) mass is 379 g/mol. The first-order valence-corrected chi connectivity index (χ1v) is 8.86. The van der Waals surface area contributed by atoms with Crippen molar-refractivity contribution < 1.29 is 14.3 Å². The number of aromatic nitrogens is 1. The molecular formula is C22H18ClNO3. The summed E-state index contributed by atoms with van der Waals surface area (Å²) in [4.78, 5) is 16.3. The summed E-state index contributed by atoms with van der Waals surface area (Å²) in [5.74, 6) is 0.419. The van der Waals surface area contributed by atoms with E-state index in [1.54, 1.807) is 42.7 Å². The third kappa shape index (κ3) is 5.19. The van der Waals surface area contributed by atoms with Gasteiger partial charge in [-0.15, -0.1) is 0 Å². The van der Waals surface area contributed by atoms with Gasteiger partial charge in [0, 0.05) is 17.4 Å². The number of esters is 1. The highest BCUT2D eigenvalue weighted by atomic mass is 35.5. The van der Waals surface area contributed by atoms with Crippen molar-refractivity contribution in [2.24, 2.45) is 0 Å². The molecule has 0 aliphatic heterocycles. The van der Waals surface area contributed by atoms with Crippen LogP contribution < -0.4 is 9.47 Å². The minimum Gasteiger partial charge on any atom is -0.490 e. The summed E-state index contributed by atoms with van der Waals surface area (Å²) in [6.07, 6.45) is 7.42. The number of hydrogen-bond donors (Lipinski definition) is 0. The average molecular weight is 380 g/mol. The van der Waals surface area contributed by atoms with E-state index < -0.39 is 5.97 Å². The summed E-state index contributed by atoms with van der Waals surface area (Å²) < 4.78 is 11.1. The lowest BCUT2D eigenvalue weighted by Gasteiger charge is -2.11. The predicted octanol–water partition coefficient (Wildman–Crippen LogP) is 5.52. The zero-order chi connectivity index (χ0) is 19.1. The quantitative estimate of drug-likeness (QED) is 0.417. The van der Waals surface area contributed by atoms with Crippen LogP contribution in [0.2, 0.25) is 5.02 Å². The van der Waals surface area contributed by atoms with Gasteiger partial charge in [0.25, 0.3) is 0 Å². The number of nitrogens with zero attached hydrogens (tertiary/aromatic N) is 1. The molecule has 4 nitrogen and oxygen atoms in total. The Morgan fingerprint density at radius 3 is 2.37 bits per heavy atom. The molecule has 0 N–H and O–H groups in total. The Kier molecular flexibility index (Phi) is 6.23. The van der Waals surface area contributed by atoms with Gasteiger partial charge in [-0.1, -0.05) is 29.8 Å². The lowest BCUT2D eigenvalue weighted by atomic mass is 10.1. The third-order valence-electron chi connectivity index (χ3n) is 3.72. The van der Waals surface area contributed by atoms with Crippen LogP contribution in [0.15, 0.2) is 67.0 Å². The van der Waals surface area contributed by atoms with Gasteiger partial charge in [0.2, 0.25) is 0 Å². The molecular weight excluding hydrogens is 362 g/mol. The maximum Gasteiger partial charge on any atom is 0.343 e. The molecule has 1 aromatic heterocycles. The van der Waals surface area contributed by atoms with Crippen LogP contribution in [-0.2, 0) is 0 Å². The van der Waals surface area contributed by atoms with Gasteiger partial charge in [0.1, 0.15) is 0 Å². The fraction of sp³-hybridized carbons (Fsp3) is 0.0909. The number of carbonyl (C=O) groups excluding carboxylic acids is 1. The topological polar surface area (TPSA) is 48.4 Å². The highest BCUT2D eigenvalue weighted by Gasteiger charge is 2.13. The lowest BCUT2D eigenvalue weighted by molar-refractivity contribution is 0.0728. The molecule has 0 saturated carbocycles. The summed E-state index contributed by atoms with van der Waals surface area (Å²) in [6.45, 7) is 2.34. The van der Waals surface area contributed by atoms with Crippen molar-refractivity contribution in [1.29, 1.82) is 0 Å². The molecule has 3 aromatic rings. The van der Waals surface area contributed by atoms with E-state index in [1.807, 2.05) is 43.3 Å². The Hall–Kier alpha value is -3.11. The normalized spacial score (nSPS) is 10.7. The molecule has 0 atom stereocenters. The van der Waals surface area contributed by atoms with Gasteiger partial charge in [-0.3, -0.25) is 4.98 Å². The molecule has 0 bridgehead atoms. The van der Waals surface area contributed by atoms with Gasteiger partial charge in [-0.2, -0.15) is 0 Å². The zero-order valence-corrected chi connectivity index (χ0v) is 15.5. The fourth-order valence-electron chi connectivity index (χ4n) is 2.39. The van der Waals surface area contributed by atoms with Gasteiger partial charge in [0.05, 0.1) is 12.2 Å². The summed E-state index contributed by atoms with van der Waals surface area (Å²) in [5.41, 5.74) is 2.39. The summed E-state index contributed by atoms with van der Waals surface area (Å²) in [6, 6.07) is 15.8. The molecule has 5 heteroatoms. The van der Waals surface area contributed by atoms with Crippen molar-refractivity contribution in [3.8, 4) is 11.5 Å². The van der Waals surface area contributed by atoms with Crippen molar-refractivity contribution >= 4 is 29.7 Å². The molecule has 27 heavy (non-hydrogen) atoms. The Morgan fingerprint density at radius 2 is 1.67 bits per heavy atom. The number of pyridine rings is 1. The van der Waals surface area contributed by atoms with E-state index in [1.165, 1.54) is 0 Å². The Morgan fingerprint density at radius 1 is 0.963 bits per heavy atom. The number of rotatable bonds is 6. The standard InChI is InChI=1S/C22H18ClNO3/c1-2-26-21-15-17(4-3-16-11-13-24-14-12-16)5-10-20(21)27-22(25)18-6-8-19(23)9-7-18/h3-15H,2H2,1H3/b4-3+. The van der Waals surface area contributed by atoms with E-state index in [2.05, 4.69) is 4.98 Å². The second-order valence-corrected chi connectivity index (χ2v) is 6.09. The van der Waals surface area contributed by atoms with Gasteiger partial charge in [-0.05, 0) is 66.6 Å². The Bertz CT molecular complexity index is 938. The van der Waals surface area contributed by atoms with Crippen molar-refractivity contribution in [2.45, 2.75) is 6.92 Å². The molecule has 0 fully saturated rings. The van der Waals surface area contributed by atoms with Crippen molar-refractivity contribution in [1.82, 2.24) is 4.98 Å². The fourth-order valence-corrected chi connectivity index (χ4v) is 2.52. The number of benzene rings is 2. The molecule has 0 amide bonds. The molecule has 0 aliphatic rings. The number of carbonyl (C=O) groups is 1. The molecule has 0 spiro atoms. The number of ether oxygens (including phenoxy) is 2. The zero-order valence-electron chi connectivity index (χ0n) is 14.8. The van der Waals surface area contributed by atoms with E-state index in [-0.39, 0.29) is 0 Å². The first kappa shape index (κ1) is 18.7. The highest BCUT2D eigenvalue weighted by molar-refractivity contribution is 6.30. The van der Waals surface area contributed by atoms with E-state index in [4.69, 9.17) is 21.1 Å². The molecule has 3 rings (SSSR count). The summed E-state index contributed by atoms with van der Waals surface area (Å²) in [7, 11) is 0. The predicted molar refractivity (Wildman–Crippen MR) is 107 cm³/mol. The molecule has 0 saturated heterocycles. The molecule has 2 aromatic carbocycles. The first-order chi connectivity index (χ1) is 13.2. The molecule has 0 radical (unpaired) electrons. The maximum atomic E-state index is 12.3. The van der Waals surface area contributed by atoms with E-state index in [0.29, 0.717) is 28.7 Å². The Balaban J connectivity index is 1.80. The smallest absolute Gasteiger partial charge is 0.343 e. The lowest BCUT2D eigenvalue weighted by Crippen LogP contribution is -2.09.